The largest absolute Gasteiger partial charge is 0.486 e. The molecule has 2 aromatic carbocycles. The van der Waals surface area contributed by atoms with E-state index < -0.39 is 0 Å². The fourth-order valence-electron chi connectivity index (χ4n) is 3.96. The van der Waals surface area contributed by atoms with Gasteiger partial charge in [-0.05, 0) is 37.1 Å². The van der Waals surface area contributed by atoms with E-state index in [-0.39, 0.29) is 11.8 Å². The minimum atomic E-state index is -0.131. The number of hydrogen-bond acceptors (Lipinski definition) is 7. The standard InChI is InChI=1S/C24H24N4O3S/c29-23(27-18-8-9-20-21(15-18)31-14-13-30-20)17-5-4-12-28(16-17)22-24(26-11-10-25-22)32-19-6-2-1-3-7-19/h1-3,6-11,15,17H,4-5,12-14,16H2,(H,27,29)/t17-/m0/s1. The molecule has 0 unspecified atom stereocenters. The van der Waals surface area contributed by atoms with Crippen molar-refractivity contribution in [2.45, 2.75) is 22.8 Å². The number of anilines is 2. The van der Waals surface area contributed by atoms with Crippen LogP contribution in [0.2, 0.25) is 0 Å². The van der Waals surface area contributed by atoms with Crippen molar-refractivity contribution in [3.05, 3.63) is 60.9 Å². The Morgan fingerprint density at radius 1 is 1.03 bits per heavy atom. The molecule has 0 saturated carbocycles. The molecule has 3 heterocycles. The van der Waals surface area contributed by atoms with E-state index in [2.05, 4.69) is 32.3 Å². The smallest absolute Gasteiger partial charge is 0.229 e. The minimum absolute atomic E-state index is 0.00697. The van der Waals surface area contributed by atoms with Crippen molar-refractivity contribution < 1.29 is 14.3 Å². The summed E-state index contributed by atoms with van der Waals surface area (Å²) in [6.07, 6.45) is 5.19. The summed E-state index contributed by atoms with van der Waals surface area (Å²) in [6, 6.07) is 15.6. The van der Waals surface area contributed by atoms with Crippen LogP contribution in [0, 0.1) is 5.92 Å². The fraction of sp³-hybridized carbons (Fsp3) is 0.292. The highest BCUT2D eigenvalue weighted by molar-refractivity contribution is 7.99. The number of nitrogens with one attached hydrogen (secondary N) is 1. The number of benzene rings is 2. The van der Waals surface area contributed by atoms with Gasteiger partial charge in [0.1, 0.15) is 18.2 Å². The highest BCUT2D eigenvalue weighted by Crippen LogP contribution is 2.35. The molecule has 32 heavy (non-hydrogen) atoms. The van der Waals surface area contributed by atoms with Crippen LogP contribution in [-0.4, -0.2) is 42.2 Å². The zero-order valence-corrected chi connectivity index (χ0v) is 18.4. The first-order valence-corrected chi connectivity index (χ1v) is 11.6. The third-order valence-corrected chi connectivity index (χ3v) is 6.49. The number of fused-ring (bicyclic) bond motifs is 1. The molecule has 1 N–H and O–H groups in total. The molecule has 2 aliphatic heterocycles. The zero-order chi connectivity index (χ0) is 21.8. The van der Waals surface area contributed by atoms with Gasteiger partial charge in [-0.3, -0.25) is 4.79 Å². The molecule has 0 radical (unpaired) electrons. The summed E-state index contributed by atoms with van der Waals surface area (Å²) in [4.78, 5) is 25.5. The molecule has 164 valence electrons. The summed E-state index contributed by atoms with van der Waals surface area (Å²) < 4.78 is 11.2. The van der Waals surface area contributed by atoms with E-state index in [1.54, 1.807) is 24.2 Å². The lowest BCUT2D eigenvalue weighted by Gasteiger charge is -2.33. The van der Waals surface area contributed by atoms with Crippen molar-refractivity contribution in [1.29, 1.82) is 0 Å². The monoisotopic (exact) mass is 448 g/mol. The first-order chi connectivity index (χ1) is 15.8. The Morgan fingerprint density at radius 2 is 1.84 bits per heavy atom. The molecule has 5 rings (SSSR count). The van der Waals surface area contributed by atoms with E-state index in [1.807, 2.05) is 36.4 Å². The van der Waals surface area contributed by atoms with E-state index in [9.17, 15) is 4.79 Å². The quantitative estimate of drug-likeness (QED) is 0.625. The number of amides is 1. The van der Waals surface area contributed by atoms with Gasteiger partial charge in [0.25, 0.3) is 0 Å². The van der Waals surface area contributed by atoms with E-state index in [1.165, 1.54) is 0 Å². The third kappa shape index (κ3) is 4.65. The number of piperidine rings is 1. The van der Waals surface area contributed by atoms with Crippen LogP contribution in [0.3, 0.4) is 0 Å². The predicted octanol–water partition coefficient (Wildman–Crippen LogP) is 4.25. The maximum absolute atomic E-state index is 13.0. The Balaban J connectivity index is 1.28. The number of rotatable bonds is 5. The first-order valence-electron chi connectivity index (χ1n) is 10.8. The van der Waals surface area contributed by atoms with Crippen molar-refractivity contribution in [3.8, 4) is 11.5 Å². The van der Waals surface area contributed by atoms with Crippen LogP contribution < -0.4 is 19.7 Å². The number of carbonyl (C=O) groups is 1. The minimum Gasteiger partial charge on any atom is -0.486 e. The van der Waals surface area contributed by atoms with Crippen LogP contribution in [-0.2, 0) is 4.79 Å². The third-order valence-electron chi connectivity index (χ3n) is 5.51. The second-order valence-electron chi connectivity index (χ2n) is 7.73. The lowest BCUT2D eigenvalue weighted by molar-refractivity contribution is -0.120. The maximum atomic E-state index is 13.0. The van der Waals surface area contributed by atoms with Gasteiger partial charge in [0.2, 0.25) is 5.91 Å². The zero-order valence-electron chi connectivity index (χ0n) is 17.6. The average Bonchev–Trinajstić information content (AvgIpc) is 2.85. The van der Waals surface area contributed by atoms with Gasteiger partial charge in [-0.2, -0.15) is 0 Å². The second kappa shape index (κ2) is 9.48. The van der Waals surface area contributed by atoms with Gasteiger partial charge < -0.3 is 19.7 Å². The van der Waals surface area contributed by atoms with Crippen molar-refractivity contribution in [2.75, 3.05) is 36.5 Å². The van der Waals surface area contributed by atoms with Crippen LogP contribution in [0.15, 0.2) is 70.8 Å². The number of hydrogen-bond donors (Lipinski definition) is 1. The SMILES string of the molecule is O=C(Nc1ccc2c(c1)OCCO2)[C@H]1CCCN(c2nccnc2Sc2ccccc2)C1. The summed E-state index contributed by atoms with van der Waals surface area (Å²) in [7, 11) is 0. The molecule has 8 heteroatoms. The van der Waals surface area contributed by atoms with Crippen LogP contribution in [0.25, 0.3) is 0 Å². The summed E-state index contributed by atoms with van der Waals surface area (Å²) in [5.74, 6) is 2.09. The summed E-state index contributed by atoms with van der Waals surface area (Å²) in [6.45, 7) is 2.53. The van der Waals surface area contributed by atoms with Crippen LogP contribution >= 0.6 is 11.8 Å². The van der Waals surface area contributed by atoms with Gasteiger partial charge in [0.05, 0.1) is 5.92 Å². The lowest BCUT2D eigenvalue weighted by Crippen LogP contribution is -2.41. The molecule has 1 fully saturated rings. The van der Waals surface area contributed by atoms with Gasteiger partial charge in [0, 0.05) is 42.1 Å². The fourth-order valence-corrected chi connectivity index (χ4v) is 4.86. The average molecular weight is 449 g/mol. The summed E-state index contributed by atoms with van der Waals surface area (Å²) in [5.41, 5.74) is 0.719. The van der Waals surface area contributed by atoms with Gasteiger partial charge in [-0.15, -0.1) is 0 Å². The Bertz CT molecular complexity index is 1100. The molecule has 2 aliphatic rings. The number of aromatic nitrogens is 2. The number of nitrogens with zero attached hydrogens (tertiary/aromatic N) is 3. The van der Waals surface area contributed by atoms with Crippen LogP contribution in [0.1, 0.15) is 12.8 Å². The highest BCUT2D eigenvalue weighted by atomic mass is 32.2. The Morgan fingerprint density at radius 3 is 2.72 bits per heavy atom. The van der Waals surface area contributed by atoms with E-state index in [0.717, 1.165) is 40.8 Å². The molecule has 3 aromatic rings. The van der Waals surface area contributed by atoms with Crippen molar-refractivity contribution in [3.63, 3.8) is 0 Å². The molecule has 1 atom stereocenters. The van der Waals surface area contributed by atoms with Crippen molar-refractivity contribution >= 4 is 29.2 Å². The lowest BCUT2D eigenvalue weighted by atomic mass is 9.97. The molecule has 1 aromatic heterocycles. The molecule has 1 amide bonds. The number of carbonyl (C=O) groups excluding carboxylic acids is 1. The molecule has 0 bridgehead atoms. The topological polar surface area (TPSA) is 76.6 Å². The second-order valence-corrected chi connectivity index (χ2v) is 8.80. The highest BCUT2D eigenvalue weighted by Gasteiger charge is 2.28. The first kappa shape index (κ1) is 20.6. The Hall–Kier alpha value is -3.26. The molecule has 0 aliphatic carbocycles. The molecular weight excluding hydrogens is 424 g/mol. The Labute approximate surface area is 191 Å². The van der Waals surface area contributed by atoms with E-state index >= 15 is 0 Å². The van der Waals surface area contributed by atoms with Gasteiger partial charge in [0.15, 0.2) is 17.3 Å². The maximum Gasteiger partial charge on any atom is 0.229 e. The van der Waals surface area contributed by atoms with Crippen molar-refractivity contribution in [1.82, 2.24) is 9.97 Å². The van der Waals surface area contributed by atoms with Crippen molar-refractivity contribution in [2.24, 2.45) is 5.92 Å². The van der Waals surface area contributed by atoms with Gasteiger partial charge >= 0.3 is 0 Å². The normalized spacial score (nSPS) is 17.6. The van der Waals surface area contributed by atoms with Crippen LogP contribution in [0.5, 0.6) is 11.5 Å². The van der Waals surface area contributed by atoms with Gasteiger partial charge in [-0.1, -0.05) is 30.0 Å². The van der Waals surface area contributed by atoms with Crippen LogP contribution in [0.4, 0.5) is 11.5 Å². The Kier molecular flexibility index (Phi) is 6.11. The van der Waals surface area contributed by atoms with E-state index in [4.69, 9.17) is 9.47 Å². The predicted molar refractivity (Wildman–Crippen MR) is 124 cm³/mol. The van der Waals surface area contributed by atoms with Gasteiger partial charge in [-0.25, -0.2) is 9.97 Å². The molecule has 0 spiro atoms. The summed E-state index contributed by atoms with van der Waals surface area (Å²) in [5, 5.41) is 3.90. The molecule has 1 saturated heterocycles. The molecular formula is C24H24N4O3S. The molecule has 7 nitrogen and oxygen atoms in total. The summed E-state index contributed by atoms with van der Waals surface area (Å²) >= 11 is 1.59. The number of ether oxygens (including phenoxy) is 2. The van der Waals surface area contributed by atoms with E-state index in [0.29, 0.717) is 31.3 Å².